The van der Waals surface area contributed by atoms with Crippen LogP contribution >= 0.6 is 0 Å². The molecule has 0 radical (unpaired) electrons. The minimum absolute atomic E-state index is 0. The van der Waals surface area contributed by atoms with Crippen molar-refractivity contribution in [3.63, 3.8) is 0 Å². The average Bonchev–Trinajstić information content (AvgIpc) is 4.08. The van der Waals surface area contributed by atoms with Crippen LogP contribution in [0.25, 0.3) is 83.4 Å². The zero-order chi connectivity index (χ0) is 55.3. The van der Waals surface area contributed by atoms with E-state index >= 15 is 0 Å². The monoisotopic (exact) mass is 1090 g/mol. The maximum atomic E-state index is 9.05. The molecule has 0 unspecified atom stereocenters. The molecule has 0 fully saturated rings. The van der Waals surface area contributed by atoms with Crippen LogP contribution in [0.15, 0.2) is 194 Å². The van der Waals surface area contributed by atoms with E-state index in [0.717, 1.165) is 45.2 Å². The number of para-hydroxylation sites is 4. The van der Waals surface area contributed by atoms with E-state index in [2.05, 4.69) is 107 Å². The van der Waals surface area contributed by atoms with Gasteiger partial charge in [0.05, 0.1) is 30.4 Å². The molecule has 0 saturated heterocycles. The molecule has 0 saturated carbocycles. The van der Waals surface area contributed by atoms with Crippen LogP contribution in [-0.2, 0) is 32.9 Å². The van der Waals surface area contributed by atoms with E-state index in [-0.39, 0.29) is 59.8 Å². The Kier molecular flexibility index (Phi) is 9.25. The van der Waals surface area contributed by atoms with E-state index in [4.69, 9.17) is 23.4 Å². The van der Waals surface area contributed by atoms with Crippen molar-refractivity contribution in [2.45, 2.75) is 53.4 Å². The second-order valence-electron chi connectivity index (χ2n) is 19.2. The maximum absolute atomic E-state index is 9.05. The van der Waals surface area contributed by atoms with E-state index < -0.39 is 60.4 Å². The molecule has 0 bridgehead atoms. The van der Waals surface area contributed by atoms with Gasteiger partial charge in [-0.05, 0) is 79.4 Å². The van der Waals surface area contributed by atoms with Gasteiger partial charge in [-0.2, -0.15) is 18.2 Å². The Bertz CT molecular complexity index is 4110. The fourth-order valence-corrected chi connectivity index (χ4v) is 9.01. The molecule has 3 aromatic heterocycles. The molecule has 5 nitrogen and oxygen atoms in total. The molecule has 8 aromatic carbocycles. The van der Waals surface area contributed by atoms with Crippen molar-refractivity contribution < 1.29 is 44.1 Å². The summed E-state index contributed by atoms with van der Waals surface area (Å²) in [5.74, 6) is 1.54. The first-order chi connectivity index (χ1) is 37.1. The summed E-state index contributed by atoms with van der Waals surface area (Å²) in [6.07, 6.45) is 6.23. The van der Waals surface area contributed by atoms with Crippen LogP contribution < -0.4 is 9.30 Å². The van der Waals surface area contributed by atoms with Crippen LogP contribution in [0.5, 0.6) is 11.5 Å². The molecule has 0 aliphatic rings. The number of imidazole rings is 1. The summed E-state index contributed by atoms with van der Waals surface area (Å²) in [6.45, 7) is 13.4. The molecule has 0 amide bonds. The number of fused-ring (bicyclic) bond motifs is 4. The average molecular weight is 1090 g/mol. The molecule has 69 heavy (non-hydrogen) atoms. The first-order valence-corrected chi connectivity index (χ1v) is 22.6. The van der Waals surface area contributed by atoms with Gasteiger partial charge in [-0.1, -0.05) is 192 Å². The summed E-state index contributed by atoms with van der Waals surface area (Å²) in [6, 6.07) is 42.4. The largest absolute Gasteiger partial charge is 0.510 e. The van der Waals surface area contributed by atoms with Gasteiger partial charge >= 0.3 is 0 Å². The number of pyridine rings is 1. The smallest absolute Gasteiger partial charge is 0.268 e. The van der Waals surface area contributed by atoms with Crippen LogP contribution in [-0.4, -0.2) is 14.1 Å². The topological polar surface area (TPSA) is 35.9 Å². The third-order valence-electron chi connectivity index (χ3n) is 12.1. The Labute approximate surface area is 433 Å². The second kappa shape index (κ2) is 18.3. The summed E-state index contributed by atoms with van der Waals surface area (Å²) in [4.78, 5) is 5.15. The van der Waals surface area contributed by atoms with Gasteiger partial charge in [0.2, 0.25) is 0 Å². The van der Waals surface area contributed by atoms with E-state index in [1.54, 1.807) is 33.4 Å². The first kappa shape index (κ1) is 34.9. The van der Waals surface area contributed by atoms with Crippen molar-refractivity contribution in [2.24, 2.45) is 5.41 Å². The Morgan fingerprint density at radius 2 is 1.25 bits per heavy atom. The zero-order valence-corrected chi connectivity index (χ0v) is 41.2. The van der Waals surface area contributed by atoms with Gasteiger partial charge < -0.3 is 13.9 Å². The van der Waals surface area contributed by atoms with E-state index in [1.807, 2.05) is 66.9 Å². The fraction of sp³-hybridized carbons (Fsp3) is 0.143. The molecule has 0 atom stereocenters. The number of aromatic nitrogens is 4. The van der Waals surface area contributed by atoms with Gasteiger partial charge in [0.15, 0.2) is 0 Å². The summed E-state index contributed by atoms with van der Waals surface area (Å²) >= 11 is 0. The van der Waals surface area contributed by atoms with Gasteiger partial charge in [-0.3, -0.25) is 4.57 Å². The molecule has 0 spiro atoms. The molecule has 0 N–H and O–H groups in total. The summed E-state index contributed by atoms with van der Waals surface area (Å²) in [7, 11) is 0. The third-order valence-corrected chi connectivity index (χ3v) is 12.1. The number of benzene rings is 8. The van der Waals surface area contributed by atoms with E-state index in [0.29, 0.717) is 28.2 Å². The number of rotatable bonds is 9. The molecular weight excluding hydrogens is 1020 g/mol. The Balaban J connectivity index is 0.00000704. The first-order valence-electron chi connectivity index (χ1n) is 27.6. The molecule has 0 aliphatic carbocycles. The standard InChI is InChI=1S/C63H52N4O.Pt/c1-62(2,3)40-46-37-60(64-41-55(46)45-31-33-47(34-32-45)63(4,5)6)67-56-28-14-13-25-53(56)54-36-35-50(39-59(54)67)68-49-24-17-23-48(38-49)65-42-66(58-30-16-15-29-57(58)65)61-51(43-19-9-7-10-20-43)26-18-27-52(61)44-21-11-8-12-22-44;/h7-37,41H,40H2,1-6H3;/q-2;/i7D,8D,9D,10D,11D,12D,19D,20D,21D,22D;. The van der Waals surface area contributed by atoms with E-state index in [9.17, 15) is 0 Å². The van der Waals surface area contributed by atoms with Gasteiger partial charge in [-0.15, -0.1) is 29.7 Å². The van der Waals surface area contributed by atoms with Gasteiger partial charge in [0.25, 0.3) is 6.33 Å². The molecular formula is C63H52N4OPt-2. The van der Waals surface area contributed by atoms with Crippen molar-refractivity contribution in [3.05, 3.63) is 224 Å². The molecule has 6 heteroatoms. The van der Waals surface area contributed by atoms with Crippen LogP contribution in [0.3, 0.4) is 0 Å². The van der Waals surface area contributed by atoms with Crippen LogP contribution in [0.4, 0.5) is 0 Å². The predicted octanol–water partition coefficient (Wildman–Crippen LogP) is 15.5. The minimum atomic E-state index is -0.573. The molecule has 11 aromatic rings. The number of nitrogens with zero attached hydrogens (tertiary/aromatic N) is 4. The molecule has 3 heterocycles. The van der Waals surface area contributed by atoms with Crippen LogP contribution in [0.2, 0.25) is 0 Å². The number of ether oxygens (including phenoxy) is 1. The molecule has 0 aliphatic heterocycles. The Morgan fingerprint density at radius 1 is 0.609 bits per heavy atom. The van der Waals surface area contributed by atoms with Gasteiger partial charge in [-0.25, -0.2) is 4.98 Å². The van der Waals surface area contributed by atoms with E-state index in [1.165, 1.54) is 11.1 Å². The fourth-order valence-electron chi connectivity index (χ4n) is 9.01. The molecule has 11 rings (SSSR count). The van der Waals surface area contributed by atoms with Crippen molar-refractivity contribution in [3.8, 4) is 62.1 Å². The number of hydrogen-bond donors (Lipinski definition) is 0. The zero-order valence-electron chi connectivity index (χ0n) is 48.9. The molecule has 342 valence electrons. The summed E-state index contributed by atoms with van der Waals surface area (Å²) in [5.41, 5.74) is 8.21. The number of hydrogen-bond acceptors (Lipinski definition) is 2. The summed E-state index contributed by atoms with van der Waals surface area (Å²) in [5, 5.41) is 2.01. The second-order valence-corrected chi connectivity index (χ2v) is 19.2. The van der Waals surface area contributed by atoms with Crippen molar-refractivity contribution >= 4 is 32.8 Å². The predicted molar refractivity (Wildman–Crippen MR) is 278 cm³/mol. The van der Waals surface area contributed by atoms with Gasteiger partial charge in [0, 0.05) is 49.8 Å². The maximum Gasteiger partial charge on any atom is 0.268 e. The van der Waals surface area contributed by atoms with Gasteiger partial charge in [0.1, 0.15) is 5.82 Å². The minimum Gasteiger partial charge on any atom is -0.510 e. The summed E-state index contributed by atoms with van der Waals surface area (Å²) < 4.78 is 99.4. The van der Waals surface area contributed by atoms with Crippen molar-refractivity contribution in [2.75, 3.05) is 0 Å². The SMILES string of the molecule is [2H]c1c([2H])c([2H])c(-c2cccc(-c3c([2H])c([2H])c([2H])c([2H])c3[2H])c2-[n+]2[c-]n(-c3[c-]c(Oc4[c-]c5c(cc4)c4ccccc4n5-c4cc(CC(C)(C)C)c(-c5ccc(C(C)(C)C)cc5)cn4)ccc3)c3ccccc32)c([2H])c1[2H].[Pt]. The normalized spacial score (nSPS) is 13.9. The Morgan fingerprint density at radius 3 is 1.93 bits per heavy atom. The van der Waals surface area contributed by atoms with Crippen molar-refractivity contribution in [1.29, 1.82) is 0 Å². The van der Waals surface area contributed by atoms with Crippen LogP contribution in [0, 0.1) is 23.9 Å². The van der Waals surface area contributed by atoms with Crippen molar-refractivity contribution in [1.82, 2.24) is 14.1 Å². The Hall–Kier alpha value is -7.33. The van der Waals surface area contributed by atoms with Crippen LogP contribution in [0.1, 0.15) is 66.4 Å². The third kappa shape index (κ3) is 8.84. The quantitative estimate of drug-likeness (QED) is 0.107.